The highest BCUT2D eigenvalue weighted by Gasteiger charge is 2.11. The van der Waals surface area contributed by atoms with Crippen molar-refractivity contribution in [1.29, 1.82) is 0 Å². The van der Waals surface area contributed by atoms with Crippen molar-refractivity contribution in [1.82, 2.24) is 9.97 Å². The van der Waals surface area contributed by atoms with E-state index >= 15 is 0 Å². The van der Waals surface area contributed by atoms with Crippen molar-refractivity contribution in [3.05, 3.63) is 40.0 Å². The number of pyridine rings is 1. The number of nitrogens with one attached hydrogen (secondary N) is 1. The van der Waals surface area contributed by atoms with E-state index in [1.807, 2.05) is 20.0 Å². The molecule has 2 heterocycles. The lowest BCUT2D eigenvalue weighted by molar-refractivity contribution is 0.0526. The smallest absolute Gasteiger partial charge is 0.339 e. The number of hydrogen-bond donors (Lipinski definition) is 1. The van der Waals surface area contributed by atoms with Crippen LogP contribution in [0.3, 0.4) is 0 Å². The van der Waals surface area contributed by atoms with Gasteiger partial charge >= 0.3 is 5.97 Å². The lowest BCUT2D eigenvalue weighted by Crippen LogP contribution is -2.09. The van der Waals surface area contributed by atoms with Crippen molar-refractivity contribution < 1.29 is 9.53 Å². The maximum Gasteiger partial charge on any atom is 0.339 e. The van der Waals surface area contributed by atoms with Crippen LogP contribution < -0.4 is 5.32 Å². The molecule has 0 aromatic carbocycles. The van der Waals surface area contributed by atoms with E-state index in [1.54, 1.807) is 30.4 Å². The largest absolute Gasteiger partial charge is 0.462 e. The van der Waals surface area contributed by atoms with Gasteiger partial charge in [-0.25, -0.2) is 14.8 Å². The highest BCUT2D eigenvalue weighted by Crippen LogP contribution is 2.22. The van der Waals surface area contributed by atoms with Crippen molar-refractivity contribution in [2.45, 2.75) is 26.8 Å². The number of esters is 1. The Kier molecular flexibility index (Phi) is 4.68. The van der Waals surface area contributed by atoms with Crippen molar-refractivity contribution in [3.63, 3.8) is 0 Å². The maximum absolute atomic E-state index is 11.5. The molecule has 0 aliphatic rings. The fourth-order valence-electron chi connectivity index (χ4n) is 1.67. The summed E-state index contributed by atoms with van der Waals surface area (Å²) in [6.07, 6.45) is 3.37. The van der Waals surface area contributed by atoms with Crippen molar-refractivity contribution in [2.75, 3.05) is 11.9 Å². The van der Waals surface area contributed by atoms with E-state index in [-0.39, 0.29) is 12.0 Å². The van der Waals surface area contributed by atoms with Gasteiger partial charge in [0.05, 0.1) is 18.2 Å². The Labute approximate surface area is 122 Å². The van der Waals surface area contributed by atoms with E-state index in [0.29, 0.717) is 18.0 Å². The second-order valence-corrected chi connectivity index (χ2v) is 5.59. The van der Waals surface area contributed by atoms with E-state index in [2.05, 4.69) is 15.3 Å². The zero-order chi connectivity index (χ0) is 14.5. The van der Waals surface area contributed by atoms with Gasteiger partial charge in [-0.05, 0) is 32.9 Å². The molecule has 2 aromatic rings. The summed E-state index contributed by atoms with van der Waals surface area (Å²) >= 11 is 1.65. The molecule has 0 spiro atoms. The Morgan fingerprint density at radius 2 is 2.20 bits per heavy atom. The number of anilines is 1. The first-order valence-corrected chi connectivity index (χ1v) is 7.24. The van der Waals surface area contributed by atoms with Gasteiger partial charge in [0, 0.05) is 17.3 Å². The molecule has 1 N–H and O–H groups in total. The van der Waals surface area contributed by atoms with E-state index in [4.69, 9.17) is 4.74 Å². The van der Waals surface area contributed by atoms with Crippen molar-refractivity contribution in [2.24, 2.45) is 0 Å². The Hall–Kier alpha value is -1.95. The SMILES string of the molecule is CCOC(=O)c1ccc(NC(C)c2ncc(C)s2)nc1. The van der Waals surface area contributed by atoms with Crippen LogP contribution in [-0.4, -0.2) is 22.5 Å². The molecule has 0 aliphatic carbocycles. The molecule has 0 aliphatic heterocycles. The molecule has 1 atom stereocenters. The summed E-state index contributed by atoms with van der Waals surface area (Å²) in [4.78, 5) is 21.2. The van der Waals surface area contributed by atoms with Gasteiger partial charge in [0.15, 0.2) is 0 Å². The third-order valence-corrected chi connectivity index (χ3v) is 3.74. The molecule has 0 amide bonds. The number of thiazole rings is 1. The van der Waals surface area contributed by atoms with Crippen LogP contribution in [-0.2, 0) is 4.74 Å². The quantitative estimate of drug-likeness (QED) is 0.857. The third-order valence-electron chi connectivity index (χ3n) is 2.65. The summed E-state index contributed by atoms with van der Waals surface area (Å²) in [5.74, 6) is 0.355. The highest BCUT2D eigenvalue weighted by atomic mass is 32.1. The molecular formula is C14H17N3O2S. The summed E-state index contributed by atoms with van der Waals surface area (Å²) in [6, 6.07) is 3.55. The van der Waals surface area contributed by atoms with Crippen LogP contribution in [0.2, 0.25) is 0 Å². The van der Waals surface area contributed by atoms with Crippen LogP contribution in [0.25, 0.3) is 0 Å². The molecule has 2 rings (SSSR count). The average molecular weight is 291 g/mol. The normalized spacial score (nSPS) is 11.9. The van der Waals surface area contributed by atoms with Crippen molar-refractivity contribution >= 4 is 23.1 Å². The minimum Gasteiger partial charge on any atom is -0.462 e. The molecule has 20 heavy (non-hydrogen) atoms. The number of nitrogens with zero attached hydrogens (tertiary/aromatic N) is 2. The Balaban J connectivity index is 2.01. The third kappa shape index (κ3) is 3.54. The zero-order valence-corrected chi connectivity index (χ0v) is 12.5. The summed E-state index contributed by atoms with van der Waals surface area (Å²) in [5.41, 5.74) is 0.454. The lowest BCUT2D eigenvalue weighted by Gasteiger charge is -2.12. The highest BCUT2D eigenvalue weighted by molar-refractivity contribution is 7.11. The zero-order valence-electron chi connectivity index (χ0n) is 11.7. The van der Waals surface area contributed by atoms with Gasteiger partial charge in [-0.1, -0.05) is 0 Å². The van der Waals surface area contributed by atoms with Gasteiger partial charge in [-0.3, -0.25) is 0 Å². The summed E-state index contributed by atoms with van der Waals surface area (Å²) in [7, 11) is 0. The van der Waals surface area contributed by atoms with E-state index in [0.717, 1.165) is 5.01 Å². The topological polar surface area (TPSA) is 64.1 Å². The van der Waals surface area contributed by atoms with E-state index < -0.39 is 0 Å². The Morgan fingerprint density at radius 3 is 2.75 bits per heavy atom. The van der Waals surface area contributed by atoms with Gasteiger partial charge in [0.25, 0.3) is 0 Å². The van der Waals surface area contributed by atoms with Crippen LogP contribution in [0, 0.1) is 6.92 Å². The van der Waals surface area contributed by atoms with Crippen LogP contribution in [0.5, 0.6) is 0 Å². The Bertz CT molecular complexity index is 580. The predicted octanol–water partition coefficient (Wildman–Crippen LogP) is 3.20. The van der Waals surface area contributed by atoms with Gasteiger partial charge in [0.1, 0.15) is 10.8 Å². The molecule has 0 bridgehead atoms. The molecule has 106 valence electrons. The van der Waals surface area contributed by atoms with Crippen LogP contribution in [0.4, 0.5) is 5.82 Å². The van der Waals surface area contributed by atoms with Crippen molar-refractivity contribution in [3.8, 4) is 0 Å². The molecule has 1 unspecified atom stereocenters. The number of carbonyl (C=O) groups is 1. The molecule has 0 fully saturated rings. The lowest BCUT2D eigenvalue weighted by atomic mass is 10.3. The Morgan fingerprint density at radius 1 is 1.40 bits per heavy atom. The number of aromatic nitrogens is 2. The molecule has 0 saturated carbocycles. The second kappa shape index (κ2) is 6.47. The average Bonchev–Trinajstić information content (AvgIpc) is 2.86. The number of hydrogen-bond acceptors (Lipinski definition) is 6. The predicted molar refractivity (Wildman–Crippen MR) is 79.1 cm³/mol. The van der Waals surface area contributed by atoms with Gasteiger partial charge in [-0.2, -0.15) is 0 Å². The van der Waals surface area contributed by atoms with Crippen LogP contribution in [0.15, 0.2) is 24.5 Å². The molecule has 0 saturated heterocycles. The molecule has 6 heteroatoms. The first-order valence-electron chi connectivity index (χ1n) is 6.42. The first kappa shape index (κ1) is 14.5. The fourth-order valence-corrected chi connectivity index (χ4v) is 2.45. The minimum atomic E-state index is -0.352. The van der Waals surface area contributed by atoms with Crippen LogP contribution in [0.1, 0.15) is 40.1 Å². The van der Waals surface area contributed by atoms with Crippen LogP contribution >= 0.6 is 11.3 Å². The van der Waals surface area contributed by atoms with Gasteiger partial charge < -0.3 is 10.1 Å². The number of aryl methyl sites for hydroxylation is 1. The number of carbonyl (C=O) groups excluding carboxylic acids is 1. The minimum absolute atomic E-state index is 0.0784. The number of ether oxygens (including phenoxy) is 1. The van der Waals surface area contributed by atoms with Gasteiger partial charge in [0.2, 0.25) is 0 Å². The number of rotatable bonds is 5. The van der Waals surface area contributed by atoms with E-state index in [9.17, 15) is 4.79 Å². The summed E-state index contributed by atoms with van der Waals surface area (Å²) in [6.45, 7) is 6.19. The molecular weight excluding hydrogens is 274 g/mol. The fraction of sp³-hybridized carbons (Fsp3) is 0.357. The van der Waals surface area contributed by atoms with Gasteiger partial charge in [-0.15, -0.1) is 11.3 Å². The second-order valence-electron chi connectivity index (χ2n) is 4.33. The van der Waals surface area contributed by atoms with E-state index in [1.165, 1.54) is 11.1 Å². The maximum atomic E-state index is 11.5. The monoisotopic (exact) mass is 291 g/mol. The summed E-state index contributed by atoms with van der Waals surface area (Å²) in [5, 5.41) is 4.27. The molecule has 5 nitrogen and oxygen atoms in total. The molecule has 2 aromatic heterocycles. The molecule has 0 radical (unpaired) electrons. The first-order chi connectivity index (χ1) is 9.60. The summed E-state index contributed by atoms with van der Waals surface area (Å²) < 4.78 is 4.91. The standard InChI is InChI=1S/C14H17N3O2S/c1-4-19-14(18)11-5-6-12(15-8-11)17-10(3)13-16-7-9(2)20-13/h5-8,10H,4H2,1-3H3,(H,15,17).